The van der Waals surface area contributed by atoms with Gasteiger partial charge in [-0.3, -0.25) is 14.6 Å². The predicted octanol–water partition coefficient (Wildman–Crippen LogP) is 0.848. The average Bonchev–Trinajstić information content (AvgIpc) is 2.56. The molecule has 1 amide bonds. The maximum absolute atomic E-state index is 12.4. The lowest BCUT2D eigenvalue weighted by Crippen LogP contribution is -2.45. The van der Waals surface area contributed by atoms with Gasteiger partial charge in [0.05, 0.1) is 12.7 Å². The maximum atomic E-state index is 12.4. The molecule has 1 N–H and O–H groups in total. The Morgan fingerprint density at radius 3 is 3.09 bits per heavy atom. The summed E-state index contributed by atoms with van der Waals surface area (Å²) in [5.74, 6) is 0.175. The largest absolute Gasteiger partial charge is 0.471 e. The molecule has 3 rings (SSSR count). The normalized spacial score (nSPS) is 18.0. The molecule has 0 aliphatic carbocycles. The maximum Gasteiger partial charge on any atom is 0.260 e. The van der Waals surface area contributed by atoms with Crippen LogP contribution in [0.5, 0.6) is 5.88 Å². The van der Waals surface area contributed by atoms with Crippen molar-refractivity contribution in [2.24, 2.45) is 0 Å². The number of rotatable bonds is 3. The number of aromatic nitrogens is 3. The molecule has 7 heteroatoms. The highest BCUT2D eigenvalue weighted by Gasteiger charge is 2.27. The minimum atomic E-state index is -0.371. The van der Waals surface area contributed by atoms with Crippen molar-refractivity contribution >= 4 is 5.91 Å². The summed E-state index contributed by atoms with van der Waals surface area (Å²) < 4.78 is 5.75. The monoisotopic (exact) mass is 300 g/mol. The zero-order chi connectivity index (χ0) is 15.4. The van der Waals surface area contributed by atoms with E-state index in [1.165, 1.54) is 12.3 Å². The number of aromatic amines is 1. The van der Waals surface area contributed by atoms with E-state index < -0.39 is 0 Å². The number of amides is 1. The number of hydrogen-bond donors (Lipinski definition) is 1. The Hall–Kier alpha value is -2.70. The molecule has 1 atom stereocenters. The summed E-state index contributed by atoms with van der Waals surface area (Å²) in [5, 5.41) is 0. The van der Waals surface area contributed by atoms with Crippen LogP contribution in [-0.4, -0.2) is 45.0 Å². The Kier molecular flexibility index (Phi) is 4.13. The van der Waals surface area contributed by atoms with Crippen molar-refractivity contribution in [3.05, 3.63) is 52.8 Å². The number of ether oxygens (including phenoxy) is 1. The van der Waals surface area contributed by atoms with E-state index in [2.05, 4.69) is 15.0 Å². The van der Waals surface area contributed by atoms with Gasteiger partial charge in [0.15, 0.2) is 0 Å². The molecule has 1 fully saturated rings. The molecule has 0 saturated carbocycles. The Morgan fingerprint density at radius 1 is 1.41 bits per heavy atom. The number of pyridine rings is 1. The molecule has 22 heavy (non-hydrogen) atoms. The molecule has 0 spiro atoms. The summed E-state index contributed by atoms with van der Waals surface area (Å²) in [6.07, 6.45) is 7.71. The van der Waals surface area contributed by atoms with Gasteiger partial charge in [0, 0.05) is 25.1 Å². The smallest absolute Gasteiger partial charge is 0.260 e. The van der Waals surface area contributed by atoms with Gasteiger partial charge < -0.3 is 14.6 Å². The van der Waals surface area contributed by atoms with Crippen LogP contribution in [0.4, 0.5) is 0 Å². The minimum Gasteiger partial charge on any atom is -0.471 e. The summed E-state index contributed by atoms with van der Waals surface area (Å²) >= 11 is 0. The highest BCUT2D eigenvalue weighted by Crippen LogP contribution is 2.17. The number of carbonyl (C=O) groups is 1. The first-order valence-electron chi connectivity index (χ1n) is 7.13. The molecule has 114 valence electrons. The van der Waals surface area contributed by atoms with Crippen LogP contribution in [0.25, 0.3) is 0 Å². The Balaban J connectivity index is 1.69. The number of nitrogens with zero attached hydrogens (tertiary/aromatic N) is 3. The second-order valence-electron chi connectivity index (χ2n) is 5.09. The van der Waals surface area contributed by atoms with E-state index in [4.69, 9.17) is 4.74 Å². The molecule has 1 unspecified atom stereocenters. The lowest BCUT2D eigenvalue weighted by Gasteiger charge is -2.32. The fourth-order valence-corrected chi connectivity index (χ4v) is 2.50. The van der Waals surface area contributed by atoms with Crippen molar-refractivity contribution in [2.75, 3.05) is 13.1 Å². The van der Waals surface area contributed by atoms with Crippen LogP contribution in [-0.2, 0) is 0 Å². The molecule has 0 aromatic carbocycles. The summed E-state index contributed by atoms with van der Waals surface area (Å²) in [4.78, 5) is 36.4. The Labute approximate surface area is 127 Å². The Morgan fingerprint density at radius 2 is 2.32 bits per heavy atom. The van der Waals surface area contributed by atoms with Gasteiger partial charge >= 0.3 is 0 Å². The first-order chi connectivity index (χ1) is 10.7. The molecule has 3 heterocycles. The van der Waals surface area contributed by atoms with Crippen LogP contribution >= 0.6 is 0 Å². The van der Waals surface area contributed by atoms with E-state index >= 15 is 0 Å². The van der Waals surface area contributed by atoms with Gasteiger partial charge in [-0.1, -0.05) is 0 Å². The third-order valence-corrected chi connectivity index (χ3v) is 3.54. The summed E-state index contributed by atoms with van der Waals surface area (Å²) in [5.41, 5.74) is -0.216. The van der Waals surface area contributed by atoms with E-state index in [0.29, 0.717) is 19.0 Å². The summed E-state index contributed by atoms with van der Waals surface area (Å²) in [6.45, 7) is 1.05. The zero-order valence-electron chi connectivity index (χ0n) is 11.9. The molecule has 2 aromatic heterocycles. The van der Waals surface area contributed by atoms with Crippen molar-refractivity contribution in [1.82, 2.24) is 19.9 Å². The standard InChI is InChI=1S/C15H16N4O3/c20-14-12(4-1-5-18-14)15(21)19-8-2-3-11(10-19)22-13-9-16-6-7-17-13/h1,4-7,9,11H,2-3,8,10H2,(H,18,20). The predicted molar refractivity (Wildman–Crippen MR) is 78.6 cm³/mol. The number of hydrogen-bond acceptors (Lipinski definition) is 5. The van der Waals surface area contributed by atoms with E-state index in [1.807, 2.05) is 0 Å². The van der Waals surface area contributed by atoms with E-state index in [9.17, 15) is 9.59 Å². The molecule has 7 nitrogen and oxygen atoms in total. The van der Waals surface area contributed by atoms with E-state index in [0.717, 1.165) is 12.8 Å². The highest BCUT2D eigenvalue weighted by atomic mass is 16.5. The first kappa shape index (κ1) is 14.2. The number of H-pyrrole nitrogens is 1. The topological polar surface area (TPSA) is 88.2 Å². The van der Waals surface area contributed by atoms with Crippen molar-refractivity contribution in [3.8, 4) is 5.88 Å². The summed E-state index contributed by atoms with van der Waals surface area (Å²) in [6, 6.07) is 3.18. The lowest BCUT2D eigenvalue weighted by molar-refractivity contribution is 0.0525. The van der Waals surface area contributed by atoms with Gasteiger partial charge in [0.1, 0.15) is 11.7 Å². The second-order valence-corrected chi connectivity index (χ2v) is 5.09. The fraction of sp³-hybridized carbons (Fsp3) is 0.333. The molecule has 0 bridgehead atoms. The van der Waals surface area contributed by atoms with Crippen LogP contribution in [0.3, 0.4) is 0 Å². The van der Waals surface area contributed by atoms with Crippen molar-refractivity contribution < 1.29 is 9.53 Å². The average molecular weight is 300 g/mol. The lowest BCUT2D eigenvalue weighted by atomic mass is 10.1. The van der Waals surface area contributed by atoms with Crippen molar-refractivity contribution in [1.29, 1.82) is 0 Å². The van der Waals surface area contributed by atoms with Gasteiger partial charge in [-0.15, -0.1) is 0 Å². The SMILES string of the molecule is O=C(c1ccc[nH]c1=O)N1CCCC(Oc2cnccn2)C1. The molecule has 0 radical (unpaired) electrons. The molecular weight excluding hydrogens is 284 g/mol. The third-order valence-electron chi connectivity index (χ3n) is 3.54. The second kappa shape index (κ2) is 6.38. The van der Waals surface area contributed by atoms with Crippen LogP contribution in [0.15, 0.2) is 41.7 Å². The quantitative estimate of drug-likeness (QED) is 0.908. The third kappa shape index (κ3) is 3.13. The highest BCUT2D eigenvalue weighted by molar-refractivity contribution is 5.93. The van der Waals surface area contributed by atoms with Crippen LogP contribution in [0, 0.1) is 0 Å². The van der Waals surface area contributed by atoms with Gasteiger partial charge in [0.2, 0.25) is 5.88 Å². The van der Waals surface area contributed by atoms with Gasteiger partial charge in [-0.2, -0.15) is 0 Å². The van der Waals surface area contributed by atoms with E-state index in [-0.39, 0.29) is 23.1 Å². The van der Waals surface area contributed by atoms with Crippen molar-refractivity contribution in [3.63, 3.8) is 0 Å². The first-order valence-corrected chi connectivity index (χ1v) is 7.13. The van der Waals surface area contributed by atoms with Crippen LogP contribution < -0.4 is 10.3 Å². The Bertz CT molecular complexity index is 701. The number of piperidine rings is 1. The van der Waals surface area contributed by atoms with Crippen LogP contribution in [0.1, 0.15) is 23.2 Å². The summed E-state index contributed by atoms with van der Waals surface area (Å²) in [7, 11) is 0. The van der Waals surface area contributed by atoms with E-state index in [1.54, 1.807) is 29.6 Å². The van der Waals surface area contributed by atoms with Gasteiger partial charge in [0.25, 0.3) is 11.5 Å². The molecule has 1 saturated heterocycles. The molecular formula is C15H16N4O3. The minimum absolute atomic E-state index is 0.141. The molecule has 1 aliphatic rings. The van der Waals surface area contributed by atoms with Crippen LogP contribution in [0.2, 0.25) is 0 Å². The molecule has 1 aliphatic heterocycles. The fourth-order valence-electron chi connectivity index (χ4n) is 2.50. The number of nitrogens with one attached hydrogen (secondary N) is 1. The number of likely N-dealkylation sites (tertiary alicyclic amines) is 1. The van der Waals surface area contributed by atoms with Gasteiger partial charge in [-0.25, -0.2) is 4.98 Å². The molecule has 2 aromatic rings. The number of carbonyl (C=O) groups excluding carboxylic acids is 1. The zero-order valence-corrected chi connectivity index (χ0v) is 11.9. The van der Waals surface area contributed by atoms with Gasteiger partial charge in [-0.05, 0) is 25.0 Å². The van der Waals surface area contributed by atoms with Crippen molar-refractivity contribution in [2.45, 2.75) is 18.9 Å².